The quantitative estimate of drug-likeness (QED) is 0.869. The third-order valence-electron chi connectivity index (χ3n) is 3.22. The maximum atomic E-state index is 12.1. The van der Waals surface area contributed by atoms with E-state index in [0.29, 0.717) is 15.6 Å². The van der Waals surface area contributed by atoms with Crippen LogP contribution in [0.25, 0.3) is 0 Å². The van der Waals surface area contributed by atoms with E-state index in [1.807, 2.05) is 6.07 Å². The number of esters is 1. The Hall–Kier alpha value is -0.810. The first-order valence-electron chi connectivity index (χ1n) is 6.11. The summed E-state index contributed by atoms with van der Waals surface area (Å²) >= 11 is 12.3. The number of nitrogens with one attached hydrogen (secondary N) is 1. The monoisotopic (exact) mass is 302 g/mol. The van der Waals surface area contributed by atoms with Gasteiger partial charge in [0.25, 0.3) is 0 Å². The van der Waals surface area contributed by atoms with Gasteiger partial charge in [-0.3, -0.25) is 4.90 Å². The van der Waals surface area contributed by atoms with E-state index in [2.05, 4.69) is 10.2 Å². The molecule has 0 spiro atoms. The second-order valence-corrected chi connectivity index (χ2v) is 5.14. The van der Waals surface area contributed by atoms with Crippen LogP contribution >= 0.6 is 23.2 Å². The van der Waals surface area contributed by atoms with Crippen molar-refractivity contribution >= 4 is 29.2 Å². The van der Waals surface area contributed by atoms with Gasteiger partial charge in [-0.05, 0) is 6.07 Å². The van der Waals surface area contributed by atoms with E-state index >= 15 is 0 Å². The fraction of sp³-hybridized carbons (Fsp3) is 0.462. The number of hydrogen-bond acceptors (Lipinski definition) is 4. The molecule has 1 aromatic rings. The van der Waals surface area contributed by atoms with Gasteiger partial charge in [0.05, 0.1) is 17.2 Å². The Labute approximate surface area is 122 Å². The molecule has 6 heteroatoms. The molecule has 0 radical (unpaired) electrons. The second-order valence-electron chi connectivity index (χ2n) is 4.35. The number of hydrogen-bond donors (Lipinski definition) is 1. The van der Waals surface area contributed by atoms with E-state index in [9.17, 15) is 4.79 Å². The predicted molar refractivity (Wildman–Crippen MR) is 75.7 cm³/mol. The fourth-order valence-electron chi connectivity index (χ4n) is 2.26. The van der Waals surface area contributed by atoms with E-state index in [0.717, 1.165) is 26.2 Å². The highest BCUT2D eigenvalue weighted by molar-refractivity contribution is 6.42. The summed E-state index contributed by atoms with van der Waals surface area (Å²) < 4.78 is 4.91. The molecule has 4 nitrogen and oxygen atoms in total. The minimum atomic E-state index is -0.502. The van der Waals surface area contributed by atoms with Gasteiger partial charge in [0, 0.05) is 31.7 Å². The Kier molecular flexibility index (Phi) is 5.05. The van der Waals surface area contributed by atoms with Crippen LogP contribution in [-0.2, 0) is 9.53 Å². The number of carbonyl (C=O) groups is 1. The average molecular weight is 303 g/mol. The van der Waals surface area contributed by atoms with Crippen LogP contribution in [0.1, 0.15) is 11.6 Å². The molecule has 1 heterocycles. The SMILES string of the molecule is COC(=O)C(c1cccc(Cl)c1Cl)N1CCNCC1. The number of nitrogens with zero attached hydrogens (tertiary/aromatic N) is 1. The van der Waals surface area contributed by atoms with Crippen molar-refractivity contribution in [2.45, 2.75) is 6.04 Å². The molecule has 1 aromatic carbocycles. The zero-order valence-corrected chi connectivity index (χ0v) is 12.2. The summed E-state index contributed by atoms with van der Waals surface area (Å²) in [6.07, 6.45) is 0. The molecule has 0 amide bonds. The van der Waals surface area contributed by atoms with Crippen molar-refractivity contribution in [2.75, 3.05) is 33.3 Å². The highest BCUT2D eigenvalue weighted by atomic mass is 35.5. The second kappa shape index (κ2) is 6.57. The number of piperazine rings is 1. The highest BCUT2D eigenvalue weighted by Gasteiger charge is 2.31. The first-order chi connectivity index (χ1) is 9.15. The van der Waals surface area contributed by atoms with Crippen molar-refractivity contribution in [3.05, 3.63) is 33.8 Å². The minimum absolute atomic E-state index is 0.314. The summed E-state index contributed by atoms with van der Waals surface area (Å²) in [7, 11) is 1.38. The molecular formula is C13H16Cl2N2O2. The van der Waals surface area contributed by atoms with Crippen molar-refractivity contribution in [3.63, 3.8) is 0 Å². The molecule has 2 rings (SSSR count). The predicted octanol–water partition coefficient (Wildman–Crippen LogP) is 2.11. The molecule has 0 saturated carbocycles. The molecule has 0 aliphatic carbocycles. The van der Waals surface area contributed by atoms with E-state index in [4.69, 9.17) is 27.9 Å². The van der Waals surface area contributed by atoms with Gasteiger partial charge in [-0.1, -0.05) is 35.3 Å². The van der Waals surface area contributed by atoms with E-state index < -0.39 is 6.04 Å². The molecule has 1 saturated heterocycles. The minimum Gasteiger partial charge on any atom is -0.468 e. The zero-order valence-electron chi connectivity index (χ0n) is 10.7. The molecule has 0 aromatic heterocycles. The summed E-state index contributed by atoms with van der Waals surface area (Å²) in [5.41, 5.74) is 0.697. The first kappa shape index (κ1) is 14.6. The molecule has 1 aliphatic heterocycles. The fourth-order valence-corrected chi connectivity index (χ4v) is 2.67. The van der Waals surface area contributed by atoms with Crippen LogP contribution < -0.4 is 5.32 Å². The largest absolute Gasteiger partial charge is 0.468 e. The lowest BCUT2D eigenvalue weighted by Gasteiger charge is -2.33. The van der Waals surface area contributed by atoms with Gasteiger partial charge >= 0.3 is 5.97 Å². The molecule has 1 unspecified atom stereocenters. The van der Waals surface area contributed by atoms with Crippen LogP contribution in [-0.4, -0.2) is 44.2 Å². The Morgan fingerprint density at radius 2 is 2.05 bits per heavy atom. The summed E-state index contributed by atoms with van der Waals surface area (Å²) in [5.74, 6) is -0.314. The molecule has 1 N–H and O–H groups in total. The Morgan fingerprint density at radius 1 is 1.37 bits per heavy atom. The van der Waals surface area contributed by atoms with Crippen LogP contribution in [0.15, 0.2) is 18.2 Å². The van der Waals surface area contributed by atoms with Gasteiger partial charge in [-0.15, -0.1) is 0 Å². The van der Waals surface area contributed by atoms with Crippen molar-refractivity contribution in [1.29, 1.82) is 0 Å². The van der Waals surface area contributed by atoms with E-state index in [1.54, 1.807) is 12.1 Å². The Balaban J connectivity index is 2.36. The zero-order chi connectivity index (χ0) is 13.8. The first-order valence-corrected chi connectivity index (χ1v) is 6.87. The number of rotatable bonds is 3. The molecule has 0 bridgehead atoms. The van der Waals surface area contributed by atoms with Crippen molar-refractivity contribution in [1.82, 2.24) is 10.2 Å². The Morgan fingerprint density at radius 3 is 2.68 bits per heavy atom. The molecule has 19 heavy (non-hydrogen) atoms. The standard InChI is InChI=1S/C13H16Cl2N2O2/c1-19-13(18)12(17-7-5-16-6-8-17)9-3-2-4-10(14)11(9)15/h2-4,12,16H,5-8H2,1H3. The molecule has 1 atom stereocenters. The lowest BCUT2D eigenvalue weighted by molar-refractivity contribution is -0.147. The molecule has 104 valence electrons. The van der Waals surface area contributed by atoms with Gasteiger partial charge in [0.1, 0.15) is 6.04 Å². The number of methoxy groups -OCH3 is 1. The number of halogens is 2. The van der Waals surface area contributed by atoms with Crippen LogP contribution in [0.4, 0.5) is 0 Å². The summed E-state index contributed by atoms with van der Waals surface area (Å²) in [4.78, 5) is 14.1. The lowest BCUT2D eigenvalue weighted by atomic mass is 10.0. The van der Waals surface area contributed by atoms with E-state index in [1.165, 1.54) is 7.11 Å². The third-order valence-corrected chi connectivity index (χ3v) is 4.05. The average Bonchev–Trinajstić information content (AvgIpc) is 2.44. The molecular weight excluding hydrogens is 287 g/mol. The molecule has 1 fully saturated rings. The van der Waals surface area contributed by atoms with E-state index in [-0.39, 0.29) is 5.97 Å². The van der Waals surface area contributed by atoms with Gasteiger partial charge < -0.3 is 10.1 Å². The number of ether oxygens (including phenoxy) is 1. The van der Waals surface area contributed by atoms with Crippen molar-refractivity contribution in [2.24, 2.45) is 0 Å². The molecule has 1 aliphatic rings. The summed E-state index contributed by atoms with van der Waals surface area (Å²) in [6, 6.07) is 4.82. The van der Waals surface area contributed by atoms with Crippen LogP contribution in [0.2, 0.25) is 10.0 Å². The third kappa shape index (κ3) is 3.20. The maximum absolute atomic E-state index is 12.1. The Bertz CT molecular complexity index is 462. The van der Waals surface area contributed by atoms with Crippen molar-refractivity contribution < 1.29 is 9.53 Å². The van der Waals surface area contributed by atoms with Gasteiger partial charge in [0.15, 0.2) is 0 Å². The topological polar surface area (TPSA) is 41.6 Å². The highest BCUT2D eigenvalue weighted by Crippen LogP contribution is 2.33. The number of carbonyl (C=O) groups excluding carboxylic acids is 1. The van der Waals surface area contributed by atoms with Gasteiger partial charge in [0.2, 0.25) is 0 Å². The maximum Gasteiger partial charge on any atom is 0.327 e. The van der Waals surface area contributed by atoms with Crippen LogP contribution in [0, 0.1) is 0 Å². The van der Waals surface area contributed by atoms with Crippen LogP contribution in [0.3, 0.4) is 0 Å². The summed E-state index contributed by atoms with van der Waals surface area (Å²) in [6.45, 7) is 3.21. The normalized spacial score (nSPS) is 18.1. The smallest absolute Gasteiger partial charge is 0.327 e. The van der Waals surface area contributed by atoms with Gasteiger partial charge in [-0.25, -0.2) is 4.79 Å². The number of benzene rings is 1. The summed E-state index contributed by atoms with van der Waals surface area (Å²) in [5, 5.41) is 4.11. The van der Waals surface area contributed by atoms with Crippen LogP contribution in [0.5, 0.6) is 0 Å². The lowest BCUT2D eigenvalue weighted by Crippen LogP contribution is -2.47. The van der Waals surface area contributed by atoms with Gasteiger partial charge in [-0.2, -0.15) is 0 Å². The van der Waals surface area contributed by atoms with Crippen molar-refractivity contribution in [3.8, 4) is 0 Å².